The third kappa shape index (κ3) is 9.12. The average molecular weight is 314 g/mol. The van der Waals surface area contributed by atoms with Gasteiger partial charge >= 0.3 is 0 Å². The first-order valence-electron chi connectivity index (χ1n) is 7.67. The van der Waals surface area contributed by atoms with Crippen LogP contribution in [0, 0.1) is 0 Å². The molecule has 22 heavy (non-hydrogen) atoms. The first-order chi connectivity index (χ1) is 10.3. The molecule has 1 aromatic carbocycles. The van der Waals surface area contributed by atoms with Gasteiger partial charge in [0.2, 0.25) is 0 Å². The zero-order chi connectivity index (χ0) is 17.2. The minimum Gasteiger partial charge on any atom is -0.378 e. The first-order valence-corrected chi connectivity index (χ1v) is 7.67. The number of hydrogen-bond acceptors (Lipinski definition) is 5. The Hall–Kier alpha value is -0.980. The molecule has 128 valence electrons. The van der Waals surface area contributed by atoms with Crippen molar-refractivity contribution in [1.29, 1.82) is 0 Å². The summed E-state index contributed by atoms with van der Waals surface area (Å²) in [5.74, 6) is -1.50. The number of hydrogen-bond donors (Lipinski definition) is 3. The second-order valence-electron chi connectivity index (χ2n) is 5.27. The molecule has 0 spiro atoms. The molecule has 0 aliphatic carbocycles. The Morgan fingerprint density at radius 2 is 1.59 bits per heavy atom. The summed E-state index contributed by atoms with van der Waals surface area (Å²) in [4.78, 5) is 0. The van der Waals surface area contributed by atoms with Gasteiger partial charge in [-0.2, -0.15) is 0 Å². The van der Waals surface area contributed by atoms with E-state index in [0.717, 1.165) is 12.0 Å². The Bertz CT molecular complexity index is 368. The summed E-state index contributed by atoms with van der Waals surface area (Å²) in [6.45, 7) is 6.60. The average Bonchev–Trinajstić information content (AvgIpc) is 2.48. The summed E-state index contributed by atoms with van der Waals surface area (Å²) >= 11 is 0. The molecule has 3 unspecified atom stereocenters. The van der Waals surface area contributed by atoms with Crippen LogP contribution in [0.4, 0.5) is 0 Å². The van der Waals surface area contributed by atoms with Crippen LogP contribution in [0.3, 0.4) is 0 Å². The molecule has 1 aromatic rings. The van der Waals surface area contributed by atoms with Crippen molar-refractivity contribution < 1.29 is 24.8 Å². The summed E-state index contributed by atoms with van der Waals surface area (Å²) in [7, 11) is 1.68. The maximum atomic E-state index is 9.48. The second kappa shape index (κ2) is 10.7. The minimum atomic E-state index is -1.50. The summed E-state index contributed by atoms with van der Waals surface area (Å²) in [6.07, 6.45) is 0.691. The molecule has 0 saturated carbocycles. The molecule has 0 bridgehead atoms. The highest BCUT2D eigenvalue weighted by Crippen LogP contribution is 2.32. The highest BCUT2D eigenvalue weighted by atomic mass is 16.6. The molecule has 5 nitrogen and oxygen atoms in total. The van der Waals surface area contributed by atoms with Crippen LogP contribution in [-0.4, -0.2) is 40.6 Å². The molecule has 1 fully saturated rings. The van der Waals surface area contributed by atoms with Crippen LogP contribution in [0.1, 0.15) is 52.2 Å². The fraction of sp³-hybridized carbons (Fsp3) is 0.647. The zero-order valence-corrected chi connectivity index (χ0v) is 14.2. The van der Waals surface area contributed by atoms with E-state index in [4.69, 9.17) is 19.7 Å². The molecule has 3 atom stereocenters. The standard InChI is InChI=1S/C12H16O3.C3H8O2.C2H6/c1-14-10-7-8-11(13)15-12(10)9-5-3-2-4-6-9;1-3(2,4)5;1-2/h2-6,10-13H,7-8H2,1H3;4-5H,1-2H3;1-2H3. The van der Waals surface area contributed by atoms with Crippen molar-refractivity contribution in [3.8, 4) is 0 Å². The fourth-order valence-corrected chi connectivity index (χ4v) is 1.96. The maximum Gasteiger partial charge on any atom is 0.156 e. The van der Waals surface area contributed by atoms with Gasteiger partial charge in [-0.25, -0.2) is 0 Å². The summed E-state index contributed by atoms with van der Waals surface area (Å²) < 4.78 is 10.9. The summed E-state index contributed by atoms with van der Waals surface area (Å²) in [5, 5.41) is 25.6. The summed E-state index contributed by atoms with van der Waals surface area (Å²) in [6, 6.07) is 9.88. The Kier molecular flexibility index (Phi) is 10.2. The molecule has 3 N–H and O–H groups in total. The maximum absolute atomic E-state index is 9.48. The number of rotatable bonds is 2. The number of methoxy groups -OCH3 is 1. The molecule has 0 aromatic heterocycles. The molecule has 1 aliphatic heterocycles. The van der Waals surface area contributed by atoms with Gasteiger partial charge in [-0.1, -0.05) is 44.2 Å². The van der Waals surface area contributed by atoms with Gasteiger partial charge in [0.05, 0.1) is 6.10 Å². The number of benzene rings is 1. The van der Waals surface area contributed by atoms with Crippen LogP contribution in [0.15, 0.2) is 30.3 Å². The molecule has 1 saturated heterocycles. The molecule has 2 rings (SSSR count). The van der Waals surface area contributed by atoms with Crippen molar-refractivity contribution in [1.82, 2.24) is 0 Å². The van der Waals surface area contributed by atoms with Crippen molar-refractivity contribution in [2.45, 2.75) is 64.8 Å². The smallest absolute Gasteiger partial charge is 0.156 e. The Labute approximate surface area is 133 Å². The lowest BCUT2D eigenvalue weighted by molar-refractivity contribution is -0.207. The third-order valence-electron chi connectivity index (χ3n) is 2.77. The molecular weight excluding hydrogens is 284 g/mol. The second-order valence-corrected chi connectivity index (χ2v) is 5.27. The number of aliphatic hydroxyl groups is 3. The number of aliphatic hydroxyl groups excluding tert-OH is 1. The molecule has 1 aliphatic rings. The van der Waals surface area contributed by atoms with Gasteiger partial charge in [-0.3, -0.25) is 0 Å². The lowest BCUT2D eigenvalue weighted by atomic mass is 9.98. The summed E-state index contributed by atoms with van der Waals surface area (Å²) in [5.41, 5.74) is 1.06. The lowest BCUT2D eigenvalue weighted by Gasteiger charge is -2.33. The molecule has 1 heterocycles. The quantitative estimate of drug-likeness (QED) is 0.731. The largest absolute Gasteiger partial charge is 0.378 e. The Morgan fingerprint density at radius 3 is 2.05 bits per heavy atom. The highest BCUT2D eigenvalue weighted by Gasteiger charge is 2.31. The van der Waals surface area contributed by atoms with Crippen LogP contribution in [0.2, 0.25) is 0 Å². The van der Waals surface area contributed by atoms with Crippen molar-refractivity contribution in [2.24, 2.45) is 0 Å². The van der Waals surface area contributed by atoms with Crippen molar-refractivity contribution in [3.63, 3.8) is 0 Å². The van der Waals surface area contributed by atoms with Gasteiger partial charge in [-0.05, 0) is 25.8 Å². The Balaban J connectivity index is 0.000000540. The van der Waals surface area contributed by atoms with E-state index >= 15 is 0 Å². The van der Waals surface area contributed by atoms with Gasteiger partial charge in [-0.15, -0.1) is 0 Å². The third-order valence-corrected chi connectivity index (χ3v) is 2.77. The van der Waals surface area contributed by atoms with E-state index in [1.54, 1.807) is 7.11 Å². The van der Waals surface area contributed by atoms with Crippen LogP contribution in [0.5, 0.6) is 0 Å². The van der Waals surface area contributed by atoms with Crippen LogP contribution in [0.25, 0.3) is 0 Å². The first kappa shape index (κ1) is 21.0. The molecule has 5 heteroatoms. The molecule has 0 amide bonds. The number of ether oxygens (including phenoxy) is 2. The predicted octanol–water partition coefficient (Wildman–Crippen LogP) is 2.60. The van der Waals surface area contributed by atoms with Gasteiger partial charge in [0, 0.05) is 13.5 Å². The van der Waals surface area contributed by atoms with E-state index in [9.17, 15) is 5.11 Å². The minimum absolute atomic E-state index is 0.0378. The van der Waals surface area contributed by atoms with E-state index in [2.05, 4.69) is 0 Å². The van der Waals surface area contributed by atoms with Gasteiger partial charge < -0.3 is 24.8 Å². The molecule has 0 radical (unpaired) electrons. The Morgan fingerprint density at radius 1 is 1.09 bits per heavy atom. The van der Waals surface area contributed by atoms with Gasteiger partial charge in [0.15, 0.2) is 12.1 Å². The highest BCUT2D eigenvalue weighted by molar-refractivity contribution is 5.19. The van der Waals surface area contributed by atoms with Gasteiger partial charge in [0.25, 0.3) is 0 Å². The van der Waals surface area contributed by atoms with E-state index in [-0.39, 0.29) is 12.2 Å². The zero-order valence-electron chi connectivity index (χ0n) is 14.2. The normalized spacial score (nSPS) is 24.5. The van der Waals surface area contributed by atoms with Crippen molar-refractivity contribution in [2.75, 3.05) is 7.11 Å². The van der Waals surface area contributed by atoms with Crippen LogP contribution < -0.4 is 0 Å². The SMILES string of the molecule is CC.CC(C)(O)O.COC1CCC(O)OC1c1ccccc1. The van der Waals surface area contributed by atoms with Crippen LogP contribution in [-0.2, 0) is 9.47 Å². The molecular formula is C17H30O5. The van der Waals surface area contributed by atoms with E-state index < -0.39 is 12.1 Å². The van der Waals surface area contributed by atoms with E-state index in [1.807, 2.05) is 44.2 Å². The van der Waals surface area contributed by atoms with E-state index in [0.29, 0.717) is 6.42 Å². The van der Waals surface area contributed by atoms with E-state index in [1.165, 1.54) is 13.8 Å². The van der Waals surface area contributed by atoms with Crippen molar-refractivity contribution >= 4 is 0 Å². The van der Waals surface area contributed by atoms with Gasteiger partial charge in [0.1, 0.15) is 6.10 Å². The topological polar surface area (TPSA) is 79.2 Å². The lowest BCUT2D eigenvalue weighted by Crippen LogP contribution is -2.33. The van der Waals surface area contributed by atoms with Crippen molar-refractivity contribution in [3.05, 3.63) is 35.9 Å². The van der Waals surface area contributed by atoms with Crippen LogP contribution >= 0.6 is 0 Å². The monoisotopic (exact) mass is 314 g/mol. The fourth-order valence-electron chi connectivity index (χ4n) is 1.96. The predicted molar refractivity (Wildman–Crippen MR) is 86.2 cm³/mol.